The molecule has 0 atom stereocenters. The summed E-state index contributed by atoms with van der Waals surface area (Å²) < 4.78 is 5.68. The number of aliphatic carboxylic acids is 1. The Kier molecular flexibility index (Phi) is 4.51. The third kappa shape index (κ3) is 3.27. The fourth-order valence-electron chi connectivity index (χ4n) is 4.76. The Hall–Kier alpha value is -2.86. The van der Waals surface area contributed by atoms with Crippen LogP contribution in [0.1, 0.15) is 17.0 Å². The second kappa shape index (κ2) is 7.19. The average molecular weight is 392 g/mol. The largest absolute Gasteiger partial charge is 0.481 e. The van der Waals surface area contributed by atoms with E-state index < -0.39 is 5.97 Å². The van der Waals surface area contributed by atoms with Crippen LogP contribution >= 0.6 is 0 Å². The first-order chi connectivity index (χ1) is 14.1. The second-order valence-electron chi connectivity index (χ2n) is 8.33. The molecule has 1 amide bonds. The van der Waals surface area contributed by atoms with Crippen molar-refractivity contribution in [2.75, 3.05) is 39.3 Å². The lowest BCUT2D eigenvalue weighted by atomic mass is 9.94. The van der Waals surface area contributed by atoms with Crippen LogP contribution in [0.3, 0.4) is 0 Å². The zero-order valence-electron chi connectivity index (χ0n) is 16.2. The number of hydrogen-bond acceptors (Lipinski definition) is 4. The smallest absolute Gasteiger partial charge is 0.409 e. The number of likely N-dealkylation sites (tertiary alicyclic amines) is 2. The maximum Gasteiger partial charge on any atom is 0.409 e. The van der Waals surface area contributed by atoms with Gasteiger partial charge in [0.1, 0.15) is 6.61 Å². The molecule has 2 saturated heterocycles. The summed E-state index contributed by atoms with van der Waals surface area (Å²) in [6.45, 7) is 3.82. The van der Waals surface area contributed by atoms with Crippen LogP contribution in [-0.4, -0.2) is 66.3 Å². The SMILES string of the molecule is O=C(O)C1CN(CC2CN(C(=O)OCC3c4ccccc4-c4ccccc43)C2)C1. The summed E-state index contributed by atoms with van der Waals surface area (Å²) in [5.74, 6) is -0.453. The highest BCUT2D eigenvalue weighted by molar-refractivity contribution is 5.79. The molecule has 0 unspecified atom stereocenters. The molecular weight excluding hydrogens is 368 g/mol. The number of fused-ring (bicyclic) bond motifs is 3. The average Bonchev–Trinajstić information content (AvgIpc) is 2.97. The zero-order valence-corrected chi connectivity index (χ0v) is 16.2. The number of carbonyl (C=O) groups excluding carboxylic acids is 1. The molecule has 2 aromatic carbocycles. The number of hydrogen-bond donors (Lipinski definition) is 1. The molecule has 6 heteroatoms. The normalized spacial score (nSPS) is 19.2. The number of carbonyl (C=O) groups is 2. The summed E-state index contributed by atoms with van der Waals surface area (Å²) in [4.78, 5) is 27.2. The molecule has 2 heterocycles. The first kappa shape index (κ1) is 18.2. The van der Waals surface area contributed by atoms with Gasteiger partial charge in [0.2, 0.25) is 0 Å². The van der Waals surface area contributed by atoms with Crippen molar-refractivity contribution >= 4 is 12.1 Å². The van der Waals surface area contributed by atoms with Gasteiger partial charge < -0.3 is 19.6 Å². The van der Waals surface area contributed by atoms with E-state index in [1.807, 2.05) is 24.3 Å². The molecule has 6 nitrogen and oxygen atoms in total. The van der Waals surface area contributed by atoms with E-state index in [1.54, 1.807) is 4.90 Å². The maximum absolute atomic E-state index is 12.5. The molecule has 0 radical (unpaired) electrons. The number of carboxylic acid groups (broad SMARTS) is 1. The van der Waals surface area contributed by atoms with E-state index >= 15 is 0 Å². The maximum atomic E-state index is 12.5. The summed E-state index contributed by atoms with van der Waals surface area (Å²) in [6, 6.07) is 16.6. The second-order valence-corrected chi connectivity index (χ2v) is 8.33. The molecule has 0 bridgehead atoms. The molecule has 1 N–H and O–H groups in total. The molecule has 29 heavy (non-hydrogen) atoms. The standard InChI is InChI=1S/C23H24N2O4/c26-22(27)16-12-24(13-16)9-15-10-25(11-15)23(28)29-14-21-19-7-3-1-5-17(19)18-6-2-4-8-20(18)21/h1-8,15-16,21H,9-14H2,(H,26,27). The third-order valence-electron chi connectivity index (χ3n) is 6.37. The van der Waals surface area contributed by atoms with Gasteiger partial charge in [0.05, 0.1) is 5.92 Å². The molecule has 3 aliphatic rings. The molecule has 2 aliphatic heterocycles. The molecule has 0 saturated carbocycles. The number of nitrogens with zero attached hydrogens (tertiary/aromatic N) is 2. The van der Waals surface area contributed by atoms with Crippen molar-refractivity contribution in [2.45, 2.75) is 5.92 Å². The number of benzene rings is 2. The fraction of sp³-hybridized carbons (Fsp3) is 0.391. The van der Waals surface area contributed by atoms with Crippen LogP contribution in [0.25, 0.3) is 11.1 Å². The Morgan fingerprint density at radius 1 is 0.931 bits per heavy atom. The van der Waals surface area contributed by atoms with Crippen LogP contribution in [0.15, 0.2) is 48.5 Å². The third-order valence-corrected chi connectivity index (χ3v) is 6.37. The van der Waals surface area contributed by atoms with Gasteiger partial charge in [0.25, 0.3) is 0 Å². The minimum Gasteiger partial charge on any atom is -0.481 e. The van der Waals surface area contributed by atoms with Crippen molar-refractivity contribution < 1.29 is 19.4 Å². The summed E-state index contributed by atoms with van der Waals surface area (Å²) in [6.07, 6.45) is -0.255. The summed E-state index contributed by atoms with van der Waals surface area (Å²) in [5, 5.41) is 8.95. The quantitative estimate of drug-likeness (QED) is 0.847. The lowest BCUT2D eigenvalue weighted by molar-refractivity contribution is -0.148. The van der Waals surface area contributed by atoms with Gasteiger partial charge in [-0.1, -0.05) is 48.5 Å². The Bertz CT molecular complexity index is 902. The van der Waals surface area contributed by atoms with Gasteiger partial charge >= 0.3 is 12.1 Å². The zero-order chi connectivity index (χ0) is 20.0. The van der Waals surface area contributed by atoms with E-state index in [1.165, 1.54) is 22.3 Å². The van der Waals surface area contributed by atoms with Crippen LogP contribution in [0.4, 0.5) is 4.79 Å². The predicted molar refractivity (Wildman–Crippen MR) is 108 cm³/mol. The van der Waals surface area contributed by atoms with Crippen molar-refractivity contribution in [2.24, 2.45) is 11.8 Å². The number of amides is 1. The van der Waals surface area contributed by atoms with E-state index in [0.717, 1.165) is 6.54 Å². The molecule has 150 valence electrons. The van der Waals surface area contributed by atoms with E-state index in [2.05, 4.69) is 29.2 Å². The van der Waals surface area contributed by atoms with E-state index in [9.17, 15) is 9.59 Å². The summed E-state index contributed by atoms with van der Waals surface area (Å²) >= 11 is 0. The lowest BCUT2D eigenvalue weighted by Gasteiger charge is -2.44. The van der Waals surface area contributed by atoms with Gasteiger partial charge in [0, 0.05) is 44.6 Å². The van der Waals surface area contributed by atoms with Crippen molar-refractivity contribution in [1.82, 2.24) is 9.80 Å². The highest BCUT2D eigenvalue weighted by Gasteiger charge is 2.38. The Labute approximate surface area is 169 Å². The van der Waals surface area contributed by atoms with Crippen LogP contribution in [-0.2, 0) is 9.53 Å². The minimum absolute atomic E-state index is 0.0810. The predicted octanol–water partition coefficient (Wildman–Crippen LogP) is 2.88. The van der Waals surface area contributed by atoms with E-state index in [0.29, 0.717) is 38.7 Å². The van der Waals surface area contributed by atoms with Crippen molar-refractivity contribution in [3.63, 3.8) is 0 Å². The monoisotopic (exact) mass is 392 g/mol. The van der Waals surface area contributed by atoms with Crippen LogP contribution in [0.2, 0.25) is 0 Å². The molecule has 5 rings (SSSR count). The first-order valence-corrected chi connectivity index (χ1v) is 10.1. The van der Waals surface area contributed by atoms with Gasteiger partial charge in [-0.15, -0.1) is 0 Å². The first-order valence-electron chi connectivity index (χ1n) is 10.1. The van der Waals surface area contributed by atoms with Gasteiger partial charge in [-0.05, 0) is 22.3 Å². The minimum atomic E-state index is -0.713. The van der Waals surface area contributed by atoms with E-state index in [-0.39, 0.29) is 17.9 Å². The van der Waals surface area contributed by atoms with Crippen LogP contribution < -0.4 is 0 Å². The van der Waals surface area contributed by atoms with Crippen LogP contribution in [0, 0.1) is 11.8 Å². The molecular formula is C23H24N2O4. The molecule has 0 spiro atoms. The Morgan fingerprint density at radius 3 is 2.10 bits per heavy atom. The number of carboxylic acids is 1. The lowest BCUT2D eigenvalue weighted by Crippen LogP contribution is -2.58. The molecule has 0 aromatic heterocycles. The number of rotatable bonds is 5. The van der Waals surface area contributed by atoms with Gasteiger partial charge in [-0.25, -0.2) is 4.79 Å². The van der Waals surface area contributed by atoms with Gasteiger partial charge in [0.15, 0.2) is 0 Å². The van der Waals surface area contributed by atoms with Crippen LogP contribution in [0.5, 0.6) is 0 Å². The molecule has 2 fully saturated rings. The van der Waals surface area contributed by atoms with Crippen molar-refractivity contribution in [3.8, 4) is 11.1 Å². The van der Waals surface area contributed by atoms with Crippen molar-refractivity contribution in [3.05, 3.63) is 59.7 Å². The highest BCUT2D eigenvalue weighted by atomic mass is 16.6. The fourth-order valence-corrected chi connectivity index (χ4v) is 4.76. The molecule has 2 aromatic rings. The summed E-state index contributed by atoms with van der Waals surface area (Å²) in [5.41, 5.74) is 4.88. The number of ether oxygens (including phenoxy) is 1. The van der Waals surface area contributed by atoms with Crippen molar-refractivity contribution in [1.29, 1.82) is 0 Å². The van der Waals surface area contributed by atoms with E-state index in [4.69, 9.17) is 9.84 Å². The van der Waals surface area contributed by atoms with Gasteiger partial charge in [-0.2, -0.15) is 0 Å². The highest BCUT2D eigenvalue weighted by Crippen LogP contribution is 2.44. The molecule has 1 aliphatic carbocycles. The Balaban J connectivity index is 1.13. The van der Waals surface area contributed by atoms with Gasteiger partial charge in [-0.3, -0.25) is 4.79 Å². The Morgan fingerprint density at radius 2 is 1.52 bits per heavy atom. The summed E-state index contributed by atoms with van der Waals surface area (Å²) in [7, 11) is 0. The topological polar surface area (TPSA) is 70.1 Å².